The van der Waals surface area contributed by atoms with Crippen LogP contribution in [0.1, 0.15) is 387 Å². The summed E-state index contributed by atoms with van der Waals surface area (Å²) in [5.74, 6) is -1.18. The number of hydrogen-bond acceptors (Lipinski definition) is 10. The normalized spacial score (nSPS) is 18.1. The monoisotopic (exact) mass is 1340 g/mol. The van der Waals surface area contributed by atoms with Crippen molar-refractivity contribution < 1.29 is 49.3 Å². The summed E-state index contributed by atoms with van der Waals surface area (Å²) < 4.78 is 17.8. The standard InChI is InChI=1S/C84H153NO10/c1-4-7-10-13-16-19-22-25-27-29-31-33-35-37-39-41-43-45-47-49-51-54-57-60-63-66-69-72-79(89)95-82-81(91)80(90)78(73-86)94-84(82)93-74-75(76(87)70-67-64-61-58-55-52-24-21-18-15-12-9-6-3)85-83(92)77(88)71-68-65-62-59-56-53-50-48-46-44-42-40-38-36-34-32-30-28-26-23-20-17-14-11-8-5-2/h7,10,16,19,25,27,31,33,37,39,67,70,75-78,80-82,84,86-88,90-91H,4-6,8-9,11-15,17-18,20-24,26,28-30,32,34-36,38,40-66,68-69,71-74H2,1-3H3,(H,85,92)/b10-7-,19-16-,27-25-,33-31-,39-37-,70-67+. The predicted octanol–water partition coefficient (Wildman–Crippen LogP) is 22.2. The van der Waals surface area contributed by atoms with Crippen molar-refractivity contribution in [2.75, 3.05) is 13.2 Å². The van der Waals surface area contributed by atoms with Crippen molar-refractivity contribution in [3.05, 3.63) is 72.9 Å². The minimum atomic E-state index is -1.62. The average molecular weight is 1340 g/mol. The minimum Gasteiger partial charge on any atom is -0.454 e. The van der Waals surface area contributed by atoms with Crippen molar-refractivity contribution in [2.45, 2.75) is 436 Å². The van der Waals surface area contributed by atoms with Crippen LogP contribution in [0.3, 0.4) is 0 Å². The van der Waals surface area contributed by atoms with Crippen molar-refractivity contribution in [3.63, 3.8) is 0 Å². The third-order valence-corrected chi connectivity index (χ3v) is 19.1. The molecule has 0 radical (unpaired) electrons. The molecule has 1 aliphatic rings. The van der Waals surface area contributed by atoms with Gasteiger partial charge in [-0.15, -0.1) is 0 Å². The number of amides is 1. The molecule has 0 spiro atoms. The fourth-order valence-electron chi connectivity index (χ4n) is 12.8. The second kappa shape index (κ2) is 70.9. The predicted molar refractivity (Wildman–Crippen MR) is 403 cm³/mol. The molecule has 0 aromatic carbocycles. The SMILES string of the molecule is CC/C=C\C/C=C\C/C=C\C/C=C\C/C=C\CCCCCCCCCCCCCC(=O)OC1C(OCC(NC(=O)C(O)CCCCCCCCCCCCCCCCCCCCCCCCCCCC)C(O)/C=C/CCCCCCCCCCCCC)OC(CO)C(O)C1O. The van der Waals surface area contributed by atoms with Gasteiger partial charge in [0.05, 0.1) is 25.4 Å². The fraction of sp³-hybridized carbons (Fsp3) is 0.833. The van der Waals surface area contributed by atoms with Crippen LogP contribution in [0.4, 0.5) is 0 Å². The summed E-state index contributed by atoms with van der Waals surface area (Å²) in [6.07, 6.45) is 83.9. The van der Waals surface area contributed by atoms with E-state index in [4.69, 9.17) is 14.2 Å². The molecule has 0 aliphatic carbocycles. The summed E-state index contributed by atoms with van der Waals surface area (Å²) >= 11 is 0. The van der Waals surface area contributed by atoms with E-state index in [1.54, 1.807) is 6.08 Å². The largest absolute Gasteiger partial charge is 0.454 e. The molecular formula is C84H153NO10. The number of carbonyl (C=O) groups excluding carboxylic acids is 2. The number of rotatable bonds is 71. The molecule has 0 saturated carbocycles. The Hall–Kier alpha value is -2.90. The number of esters is 1. The lowest BCUT2D eigenvalue weighted by atomic mass is 9.99. The molecule has 0 aromatic rings. The highest BCUT2D eigenvalue weighted by molar-refractivity contribution is 5.80. The quantitative estimate of drug-likeness (QED) is 0.0195. The number of allylic oxidation sites excluding steroid dienone is 11. The summed E-state index contributed by atoms with van der Waals surface area (Å²) in [4.78, 5) is 26.8. The van der Waals surface area contributed by atoms with Gasteiger partial charge in [-0.3, -0.25) is 9.59 Å². The number of aliphatic hydroxyl groups is 5. The zero-order valence-electron chi connectivity index (χ0n) is 62.0. The van der Waals surface area contributed by atoms with Gasteiger partial charge in [-0.05, 0) is 70.6 Å². The lowest BCUT2D eigenvalue weighted by Crippen LogP contribution is -2.61. The molecule has 554 valence electrons. The minimum absolute atomic E-state index is 0.119. The summed E-state index contributed by atoms with van der Waals surface area (Å²) in [6.45, 7) is 5.75. The van der Waals surface area contributed by atoms with Gasteiger partial charge in [-0.1, -0.05) is 383 Å². The van der Waals surface area contributed by atoms with Gasteiger partial charge in [0.1, 0.15) is 24.4 Å². The first-order valence-electron chi connectivity index (χ1n) is 40.7. The molecule has 1 heterocycles. The number of ether oxygens (including phenoxy) is 3. The van der Waals surface area contributed by atoms with Crippen molar-refractivity contribution in [1.82, 2.24) is 5.32 Å². The molecule has 8 unspecified atom stereocenters. The number of aliphatic hydroxyl groups excluding tert-OH is 5. The van der Waals surface area contributed by atoms with E-state index in [0.717, 1.165) is 96.3 Å². The second-order valence-corrected chi connectivity index (χ2v) is 28.1. The third-order valence-electron chi connectivity index (χ3n) is 19.1. The van der Waals surface area contributed by atoms with Crippen LogP contribution in [0, 0.1) is 0 Å². The van der Waals surface area contributed by atoms with Gasteiger partial charge >= 0.3 is 5.97 Å². The van der Waals surface area contributed by atoms with Crippen LogP contribution < -0.4 is 5.32 Å². The number of unbranched alkanes of at least 4 members (excludes halogenated alkanes) is 47. The third kappa shape index (κ3) is 57.6. The zero-order valence-corrected chi connectivity index (χ0v) is 62.0. The van der Waals surface area contributed by atoms with E-state index in [1.165, 1.54) is 244 Å². The van der Waals surface area contributed by atoms with Crippen LogP contribution in [0.15, 0.2) is 72.9 Å². The highest BCUT2D eigenvalue weighted by Gasteiger charge is 2.47. The van der Waals surface area contributed by atoms with Gasteiger partial charge in [0.25, 0.3) is 0 Å². The molecule has 11 nitrogen and oxygen atoms in total. The Kier molecular flexibility index (Phi) is 67.3. The number of nitrogens with one attached hydrogen (secondary N) is 1. The van der Waals surface area contributed by atoms with Crippen LogP contribution in [0.5, 0.6) is 0 Å². The number of carbonyl (C=O) groups is 2. The molecule has 11 heteroatoms. The molecule has 95 heavy (non-hydrogen) atoms. The number of hydrogen-bond donors (Lipinski definition) is 6. The molecule has 6 N–H and O–H groups in total. The zero-order chi connectivity index (χ0) is 68.8. The van der Waals surface area contributed by atoms with Gasteiger partial charge in [0.2, 0.25) is 5.91 Å². The van der Waals surface area contributed by atoms with Gasteiger partial charge in [-0.2, -0.15) is 0 Å². The van der Waals surface area contributed by atoms with Gasteiger partial charge in [-0.25, -0.2) is 0 Å². The highest BCUT2D eigenvalue weighted by Crippen LogP contribution is 2.27. The van der Waals surface area contributed by atoms with Crippen LogP contribution in [-0.2, 0) is 23.8 Å². The molecule has 8 atom stereocenters. The van der Waals surface area contributed by atoms with Gasteiger partial charge in [0, 0.05) is 6.42 Å². The van der Waals surface area contributed by atoms with Crippen molar-refractivity contribution in [3.8, 4) is 0 Å². The van der Waals surface area contributed by atoms with Crippen molar-refractivity contribution in [2.24, 2.45) is 0 Å². The topological polar surface area (TPSA) is 175 Å². The molecule has 1 aliphatic heterocycles. The maximum absolute atomic E-state index is 13.6. The van der Waals surface area contributed by atoms with Crippen molar-refractivity contribution >= 4 is 11.9 Å². The van der Waals surface area contributed by atoms with Gasteiger partial charge < -0.3 is 45.1 Å². The van der Waals surface area contributed by atoms with Gasteiger partial charge in [0.15, 0.2) is 12.4 Å². The molecule has 0 bridgehead atoms. The Morgan fingerprint density at radius 2 is 0.758 bits per heavy atom. The van der Waals surface area contributed by atoms with E-state index in [1.807, 2.05) is 6.08 Å². The molecule has 1 fully saturated rings. The maximum Gasteiger partial charge on any atom is 0.306 e. The van der Waals surface area contributed by atoms with Crippen LogP contribution >= 0.6 is 0 Å². The second-order valence-electron chi connectivity index (χ2n) is 28.1. The Morgan fingerprint density at radius 3 is 1.14 bits per heavy atom. The van der Waals surface area contributed by atoms with E-state index >= 15 is 0 Å². The maximum atomic E-state index is 13.6. The Morgan fingerprint density at radius 1 is 0.421 bits per heavy atom. The smallest absolute Gasteiger partial charge is 0.306 e. The average Bonchev–Trinajstić information content (AvgIpc) is 0.823. The lowest BCUT2D eigenvalue weighted by Gasteiger charge is -2.41. The fourth-order valence-corrected chi connectivity index (χ4v) is 12.8. The summed E-state index contributed by atoms with van der Waals surface area (Å²) in [7, 11) is 0. The molecule has 1 rings (SSSR count). The molecule has 0 aromatic heterocycles. The first-order chi connectivity index (χ1) is 46.7. The first-order valence-corrected chi connectivity index (χ1v) is 40.7. The van der Waals surface area contributed by atoms with E-state index in [-0.39, 0.29) is 13.0 Å². The highest BCUT2D eigenvalue weighted by atomic mass is 16.7. The van der Waals surface area contributed by atoms with Crippen LogP contribution in [0.25, 0.3) is 0 Å². The molecule has 1 saturated heterocycles. The Bertz CT molecular complexity index is 1830. The Balaban J connectivity index is 2.49. The van der Waals surface area contributed by atoms with E-state index in [9.17, 15) is 35.1 Å². The summed E-state index contributed by atoms with van der Waals surface area (Å²) in [6, 6.07) is -1.03. The summed E-state index contributed by atoms with van der Waals surface area (Å²) in [5, 5.41) is 57.5. The first kappa shape index (κ1) is 90.1. The lowest BCUT2D eigenvalue weighted by molar-refractivity contribution is -0.305. The molecular weight excluding hydrogens is 1180 g/mol. The Labute approximate surface area is 585 Å². The van der Waals surface area contributed by atoms with E-state index in [2.05, 4.69) is 86.8 Å². The van der Waals surface area contributed by atoms with Crippen LogP contribution in [-0.4, -0.2) is 99.6 Å². The van der Waals surface area contributed by atoms with Crippen LogP contribution in [0.2, 0.25) is 0 Å². The summed E-state index contributed by atoms with van der Waals surface area (Å²) in [5.41, 5.74) is 0. The van der Waals surface area contributed by atoms with E-state index < -0.39 is 67.4 Å². The molecule has 1 amide bonds. The van der Waals surface area contributed by atoms with E-state index in [0.29, 0.717) is 19.3 Å². The van der Waals surface area contributed by atoms with Crippen molar-refractivity contribution in [1.29, 1.82) is 0 Å².